The molecule has 0 aliphatic carbocycles. The molecule has 166 valence electrons. The Labute approximate surface area is 177 Å². The zero-order valence-corrected chi connectivity index (χ0v) is 17.3. The quantitative estimate of drug-likeness (QED) is 0.486. The van der Waals surface area contributed by atoms with Crippen molar-refractivity contribution in [1.29, 1.82) is 0 Å². The fraction of sp³-hybridized carbons (Fsp3) is 0.250. The fourth-order valence-electron chi connectivity index (χ4n) is 2.88. The lowest BCUT2D eigenvalue weighted by atomic mass is 10.1. The van der Waals surface area contributed by atoms with Crippen molar-refractivity contribution in [2.75, 3.05) is 18.5 Å². The Morgan fingerprint density at radius 3 is 2.42 bits per heavy atom. The molecule has 1 aromatic heterocycles. The molecule has 0 aliphatic rings. The minimum atomic E-state index is -4.40. The number of hydrogen-bond acceptors (Lipinski definition) is 5. The number of aliphatic hydroxyl groups is 1. The molecule has 0 spiro atoms. The summed E-state index contributed by atoms with van der Waals surface area (Å²) in [6.07, 6.45) is -1.11. The van der Waals surface area contributed by atoms with Gasteiger partial charge in [0.2, 0.25) is 10.0 Å². The number of aliphatic hydroxyl groups excluding tert-OH is 1. The van der Waals surface area contributed by atoms with Crippen LogP contribution in [0.15, 0.2) is 59.9 Å². The molecule has 11 heteroatoms. The van der Waals surface area contributed by atoms with Gasteiger partial charge in [0.15, 0.2) is 0 Å². The monoisotopic (exact) mass is 454 g/mol. The van der Waals surface area contributed by atoms with Gasteiger partial charge in [0.25, 0.3) is 0 Å². The van der Waals surface area contributed by atoms with E-state index in [1.807, 2.05) is 0 Å². The first-order chi connectivity index (χ1) is 14.6. The highest BCUT2D eigenvalue weighted by atomic mass is 32.2. The first kappa shape index (κ1) is 22.8. The van der Waals surface area contributed by atoms with E-state index in [0.29, 0.717) is 22.5 Å². The second-order valence-electron chi connectivity index (χ2n) is 6.80. The summed E-state index contributed by atoms with van der Waals surface area (Å²) in [6, 6.07) is 9.22. The third kappa shape index (κ3) is 5.63. The Balaban J connectivity index is 1.89. The molecule has 0 aliphatic heterocycles. The predicted octanol–water partition coefficient (Wildman–Crippen LogP) is 2.99. The Bertz CT molecular complexity index is 1140. The van der Waals surface area contributed by atoms with Crippen molar-refractivity contribution in [1.82, 2.24) is 14.3 Å². The SMILES string of the molecule is Cn1cnc(-c2cc(S(=O)(=O)NCCO)ccc2NCc2ccc(C(F)(F)F)cc2)c1. The molecule has 0 fully saturated rings. The second kappa shape index (κ2) is 9.08. The van der Waals surface area contributed by atoms with E-state index in [2.05, 4.69) is 15.0 Å². The van der Waals surface area contributed by atoms with Gasteiger partial charge >= 0.3 is 6.18 Å². The van der Waals surface area contributed by atoms with Crippen LogP contribution >= 0.6 is 0 Å². The molecule has 3 N–H and O–H groups in total. The number of imidazole rings is 1. The smallest absolute Gasteiger partial charge is 0.395 e. The van der Waals surface area contributed by atoms with Crippen LogP contribution in [0.2, 0.25) is 0 Å². The third-order valence-electron chi connectivity index (χ3n) is 4.45. The zero-order valence-electron chi connectivity index (χ0n) is 16.5. The lowest BCUT2D eigenvalue weighted by Gasteiger charge is -2.14. The molecule has 0 amide bonds. The van der Waals surface area contributed by atoms with E-state index in [1.54, 1.807) is 30.2 Å². The highest BCUT2D eigenvalue weighted by Crippen LogP contribution is 2.31. The molecular formula is C20H21F3N4O3S. The van der Waals surface area contributed by atoms with Gasteiger partial charge in [0, 0.05) is 37.6 Å². The molecule has 0 unspecified atom stereocenters. The largest absolute Gasteiger partial charge is 0.416 e. The van der Waals surface area contributed by atoms with E-state index in [1.165, 1.54) is 24.3 Å². The topological polar surface area (TPSA) is 96.2 Å². The van der Waals surface area contributed by atoms with Crippen molar-refractivity contribution in [2.45, 2.75) is 17.6 Å². The first-order valence-corrected chi connectivity index (χ1v) is 10.7. The van der Waals surface area contributed by atoms with Gasteiger partial charge in [-0.3, -0.25) is 0 Å². The van der Waals surface area contributed by atoms with Crippen molar-refractivity contribution in [3.8, 4) is 11.3 Å². The van der Waals surface area contributed by atoms with Crippen LogP contribution in [0.25, 0.3) is 11.3 Å². The molecule has 0 radical (unpaired) electrons. The maximum atomic E-state index is 12.7. The number of aryl methyl sites for hydroxylation is 1. The Morgan fingerprint density at radius 2 is 1.84 bits per heavy atom. The Morgan fingerprint density at radius 1 is 1.13 bits per heavy atom. The highest BCUT2D eigenvalue weighted by molar-refractivity contribution is 7.89. The normalized spacial score (nSPS) is 12.2. The minimum absolute atomic E-state index is 0.00156. The minimum Gasteiger partial charge on any atom is -0.395 e. The second-order valence-corrected chi connectivity index (χ2v) is 8.57. The fourth-order valence-corrected chi connectivity index (χ4v) is 3.93. The molecule has 7 nitrogen and oxygen atoms in total. The van der Waals surface area contributed by atoms with E-state index in [-0.39, 0.29) is 24.6 Å². The summed E-state index contributed by atoms with van der Waals surface area (Å²) in [5.74, 6) is 0. The van der Waals surface area contributed by atoms with Gasteiger partial charge in [-0.1, -0.05) is 12.1 Å². The van der Waals surface area contributed by atoms with E-state index in [9.17, 15) is 21.6 Å². The Hall–Kier alpha value is -2.89. The lowest BCUT2D eigenvalue weighted by molar-refractivity contribution is -0.137. The number of benzene rings is 2. The average molecular weight is 454 g/mol. The molecule has 3 aromatic rings. The molecule has 0 atom stereocenters. The lowest BCUT2D eigenvalue weighted by Crippen LogP contribution is -2.26. The van der Waals surface area contributed by atoms with Gasteiger partial charge in [-0.05, 0) is 35.9 Å². The standard InChI is InChI=1S/C20H21F3N4O3S/c1-27-12-19(25-13-27)17-10-16(31(29,30)26-8-9-28)6-7-18(17)24-11-14-2-4-15(5-3-14)20(21,22)23/h2-7,10,12-13,24,26,28H,8-9,11H2,1H3. The van der Waals surface area contributed by atoms with Crippen LogP contribution < -0.4 is 10.0 Å². The summed E-state index contributed by atoms with van der Waals surface area (Å²) in [5.41, 5.74) is 1.51. The van der Waals surface area contributed by atoms with Crippen molar-refractivity contribution >= 4 is 15.7 Å². The maximum Gasteiger partial charge on any atom is 0.416 e. The summed E-state index contributed by atoms with van der Waals surface area (Å²) in [4.78, 5) is 4.27. The van der Waals surface area contributed by atoms with Gasteiger partial charge in [0.05, 0.1) is 29.1 Å². The number of halogens is 3. The number of sulfonamides is 1. The van der Waals surface area contributed by atoms with E-state index in [0.717, 1.165) is 12.1 Å². The predicted molar refractivity (Wildman–Crippen MR) is 110 cm³/mol. The summed E-state index contributed by atoms with van der Waals surface area (Å²) >= 11 is 0. The van der Waals surface area contributed by atoms with Gasteiger partial charge in [0.1, 0.15) is 0 Å². The molecule has 31 heavy (non-hydrogen) atoms. The van der Waals surface area contributed by atoms with Crippen LogP contribution in [0.4, 0.5) is 18.9 Å². The van der Waals surface area contributed by atoms with Crippen molar-refractivity contribution in [2.24, 2.45) is 7.05 Å². The molecule has 1 heterocycles. The molecule has 0 saturated carbocycles. The van der Waals surface area contributed by atoms with E-state index in [4.69, 9.17) is 5.11 Å². The van der Waals surface area contributed by atoms with Crippen LogP contribution in [-0.4, -0.2) is 36.2 Å². The van der Waals surface area contributed by atoms with Crippen LogP contribution in [0.5, 0.6) is 0 Å². The number of nitrogens with zero attached hydrogens (tertiary/aromatic N) is 2. The molecule has 0 saturated heterocycles. The van der Waals surface area contributed by atoms with Crippen molar-refractivity contribution in [3.63, 3.8) is 0 Å². The number of nitrogens with one attached hydrogen (secondary N) is 2. The van der Waals surface area contributed by atoms with Crippen LogP contribution in [-0.2, 0) is 29.8 Å². The van der Waals surface area contributed by atoms with Gasteiger partial charge in [-0.2, -0.15) is 13.2 Å². The van der Waals surface area contributed by atoms with E-state index >= 15 is 0 Å². The molecule has 0 bridgehead atoms. The Kier molecular flexibility index (Phi) is 6.68. The van der Waals surface area contributed by atoms with Crippen LogP contribution in [0.3, 0.4) is 0 Å². The summed E-state index contributed by atoms with van der Waals surface area (Å²) < 4.78 is 67.0. The third-order valence-corrected chi connectivity index (χ3v) is 5.91. The number of alkyl halides is 3. The number of rotatable bonds is 8. The number of anilines is 1. The number of hydrogen-bond donors (Lipinski definition) is 3. The van der Waals surface area contributed by atoms with Gasteiger partial charge in [-0.15, -0.1) is 0 Å². The average Bonchev–Trinajstić information content (AvgIpc) is 3.16. The molecule has 2 aromatic carbocycles. The maximum absolute atomic E-state index is 12.7. The summed E-state index contributed by atoms with van der Waals surface area (Å²) in [5, 5.41) is 12.0. The molecular weight excluding hydrogens is 433 g/mol. The van der Waals surface area contributed by atoms with Crippen LogP contribution in [0, 0.1) is 0 Å². The molecule has 3 rings (SSSR count). The summed E-state index contributed by atoms with van der Waals surface area (Å²) in [7, 11) is -2.05. The zero-order chi connectivity index (χ0) is 22.6. The van der Waals surface area contributed by atoms with Crippen LogP contribution in [0.1, 0.15) is 11.1 Å². The van der Waals surface area contributed by atoms with Gasteiger partial charge < -0.3 is 15.0 Å². The number of aromatic nitrogens is 2. The van der Waals surface area contributed by atoms with E-state index < -0.39 is 21.8 Å². The van der Waals surface area contributed by atoms with Crippen molar-refractivity contribution < 1.29 is 26.7 Å². The first-order valence-electron chi connectivity index (χ1n) is 9.23. The van der Waals surface area contributed by atoms with Gasteiger partial charge in [-0.25, -0.2) is 18.1 Å². The summed E-state index contributed by atoms with van der Waals surface area (Å²) in [6.45, 7) is -0.221. The highest BCUT2D eigenvalue weighted by Gasteiger charge is 2.29. The van der Waals surface area contributed by atoms with Crippen molar-refractivity contribution in [3.05, 3.63) is 66.1 Å².